The first-order chi connectivity index (χ1) is 13.3. The first-order valence-electron chi connectivity index (χ1n) is 9.27. The molecule has 0 spiro atoms. The van der Waals surface area contributed by atoms with Crippen LogP contribution in [0.4, 0.5) is 5.82 Å². The summed E-state index contributed by atoms with van der Waals surface area (Å²) in [6.45, 7) is 2.68. The molecule has 4 rings (SSSR count). The number of hydrogen-bond acceptors (Lipinski definition) is 5. The Kier molecular flexibility index (Phi) is 6.78. The summed E-state index contributed by atoms with van der Waals surface area (Å²) in [6.07, 6.45) is 10.4. The number of carbonyl (C=O) groups excluding carboxylic acids is 1. The molecule has 1 aliphatic heterocycles. The van der Waals surface area contributed by atoms with Gasteiger partial charge in [0.1, 0.15) is 0 Å². The van der Waals surface area contributed by atoms with Crippen LogP contribution < -0.4 is 10.6 Å². The quantitative estimate of drug-likeness (QED) is 0.661. The summed E-state index contributed by atoms with van der Waals surface area (Å²) in [6, 6.07) is 7.85. The molecule has 0 radical (unpaired) electrons. The first-order valence-corrected chi connectivity index (χ1v) is 9.27. The topological polar surface area (TPSA) is 89.7 Å². The Labute approximate surface area is 169 Å². The predicted molar refractivity (Wildman–Crippen MR) is 109 cm³/mol. The summed E-state index contributed by atoms with van der Waals surface area (Å²) < 4.78 is 3.71. The molecule has 3 aromatic rings. The third-order valence-electron chi connectivity index (χ3n) is 4.75. The number of piperidine rings is 1. The van der Waals surface area contributed by atoms with Crippen LogP contribution in [0.1, 0.15) is 34.9 Å². The van der Waals surface area contributed by atoms with Gasteiger partial charge in [-0.15, -0.1) is 12.4 Å². The highest BCUT2D eigenvalue weighted by atomic mass is 35.5. The van der Waals surface area contributed by atoms with E-state index in [1.165, 1.54) is 5.56 Å². The number of carbonyl (C=O) groups is 1. The Morgan fingerprint density at radius 3 is 2.82 bits per heavy atom. The number of nitrogens with zero attached hydrogens (tertiary/aromatic N) is 5. The molecule has 0 aliphatic carbocycles. The van der Waals surface area contributed by atoms with Gasteiger partial charge >= 0.3 is 0 Å². The van der Waals surface area contributed by atoms with Gasteiger partial charge in [-0.3, -0.25) is 19.1 Å². The summed E-state index contributed by atoms with van der Waals surface area (Å²) in [5.74, 6) is 0.292. The molecular formula is C19H24ClN7O. The standard InChI is InChI=1S/C19H23N7O.ClH/c27-19(17-6-13-26(23-17)16-2-1-8-21-14-16)22-18-7-12-25(24-18)11-5-15-3-9-20-10-4-15;/h3-4,6-7,9-10,12-13,16,21H,1-2,5,8,11,14H2,(H,22,24,27);1H. The molecule has 28 heavy (non-hydrogen) atoms. The largest absolute Gasteiger partial charge is 0.315 e. The number of rotatable bonds is 6. The van der Waals surface area contributed by atoms with E-state index in [2.05, 4.69) is 25.8 Å². The molecule has 1 fully saturated rings. The lowest BCUT2D eigenvalue weighted by Crippen LogP contribution is -2.32. The summed E-state index contributed by atoms with van der Waals surface area (Å²) in [5.41, 5.74) is 1.61. The Hall–Kier alpha value is -2.71. The molecular weight excluding hydrogens is 378 g/mol. The Bertz CT molecular complexity index is 887. The summed E-state index contributed by atoms with van der Waals surface area (Å²) in [7, 11) is 0. The van der Waals surface area contributed by atoms with Gasteiger partial charge in [0.2, 0.25) is 0 Å². The van der Waals surface area contributed by atoms with Crippen LogP contribution in [0.5, 0.6) is 0 Å². The van der Waals surface area contributed by atoms with Gasteiger partial charge in [0.05, 0.1) is 6.04 Å². The molecule has 3 aromatic heterocycles. The van der Waals surface area contributed by atoms with Crippen molar-refractivity contribution in [1.82, 2.24) is 29.9 Å². The number of pyridine rings is 1. The predicted octanol–water partition coefficient (Wildman–Crippen LogP) is 2.32. The van der Waals surface area contributed by atoms with Crippen LogP contribution in [0.25, 0.3) is 0 Å². The Balaban J connectivity index is 0.00000225. The molecule has 1 aliphatic rings. The fourth-order valence-electron chi connectivity index (χ4n) is 3.25. The van der Waals surface area contributed by atoms with Gasteiger partial charge in [-0.2, -0.15) is 10.2 Å². The average Bonchev–Trinajstić information content (AvgIpc) is 3.38. The SMILES string of the molecule is Cl.O=C(Nc1ccn(CCc2ccncc2)n1)c1ccn(C2CCCNC2)n1. The third-order valence-corrected chi connectivity index (χ3v) is 4.75. The van der Waals surface area contributed by atoms with Gasteiger partial charge in [0.15, 0.2) is 11.5 Å². The molecule has 0 saturated carbocycles. The van der Waals surface area contributed by atoms with E-state index in [9.17, 15) is 4.79 Å². The van der Waals surface area contributed by atoms with Gasteiger partial charge in [0, 0.05) is 43.9 Å². The van der Waals surface area contributed by atoms with Crippen molar-refractivity contribution in [2.24, 2.45) is 0 Å². The van der Waals surface area contributed by atoms with Crippen molar-refractivity contribution in [3.63, 3.8) is 0 Å². The molecule has 0 aromatic carbocycles. The lowest BCUT2D eigenvalue weighted by atomic mass is 10.1. The molecule has 1 amide bonds. The smallest absolute Gasteiger partial charge is 0.277 e. The van der Waals surface area contributed by atoms with Crippen LogP contribution >= 0.6 is 12.4 Å². The van der Waals surface area contributed by atoms with Crippen molar-refractivity contribution in [3.8, 4) is 0 Å². The molecule has 148 valence electrons. The van der Waals surface area contributed by atoms with Crippen molar-refractivity contribution in [3.05, 3.63) is 60.3 Å². The molecule has 1 unspecified atom stereocenters. The van der Waals surface area contributed by atoms with Gasteiger partial charge in [-0.1, -0.05) is 0 Å². The second-order valence-corrected chi connectivity index (χ2v) is 6.70. The average molecular weight is 402 g/mol. The van der Waals surface area contributed by atoms with Crippen LogP contribution in [-0.4, -0.2) is 43.5 Å². The van der Waals surface area contributed by atoms with E-state index >= 15 is 0 Å². The first kappa shape index (κ1) is 20.0. The highest BCUT2D eigenvalue weighted by Gasteiger charge is 2.18. The molecule has 0 bridgehead atoms. The lowest BCUT2D eigenvalue weighted by Gasteiger charge is -2.22. The highest BCUT2D eigenvalue weighted by Crippen LogP contribution is 2.16. The summed E-state index contributed by atoms with van der Waals surface area (Å²) >= 11 is 0. The van der Waals surface area contributed by atoms with Gasteiger partial charge < -0.3 is 10.6 Å². The third kappa shape index (κ3) is 4.96. The zero-order chi connectivity index (χ0) is 18.5. The minimum absolute atomic E-state index is 0. The van der Waals surface area contributed by atoms with E-state index in [1.54, 1.807) is 24.5 Å². The number of anilines is 1. The van der Waals surface area contributed by atoms with Crippen molar-refractivity contribution < 1.29 is 4.79 Å². The minimum atomic E-state index is -0.239. The molecule has 1 atom stereocenters. The zero-order valence-electron chi connectivity index (χ0n) is 15.5. The minimum Gasteiger partial charge on any atom is -0.315 e. The number of aromatic nitrogens is 5. The zero-order valence-corrected chi connectivity index (χ0v) is 16.3. The van der Waals surface area contributed by atoms with Crippen molar-refractivity contribution in [2.75, 3.05) is 18.4 Å². The van der Waals surface area contributed by atoms with Gasteiger partial charge in [-0.05, 0) is 49.6 Å². The maximum Gasteiger partial charge on any atom is 0.277 e. The van der Waals surface area contributed by atoms with Crippen molar-refractivity contribution >= 4 is 24.1 Å². The highest BCUT2D eigenvalue weighted by molar-refractivity contribution is 6.02. The number of aryl methyl sites for hydroxylation is 2. The molecule has 2 N–H and O–H groups in total. The summed E-state index contributed by atoms with van der Waals surface area (Å²) in [4.78, 5) is 16.5. The Morgan fingerprint density at radius 2 is 2.04 bits per heavy atom. The van der Waals surface area contributed by atoms with E-state index in [4.69, 9.17) is 0 Å². The van der Waals surface area contributed by atoms with Crippen LogP contribution in [0.15, 0.2) is 49.1 Å². The maximum atomic E-state index is 12.4. The van der Waals surface area contributed by atoms with Gasteiger partial charge in [0.25, 0.3) is 5.91 Å². The number of nitrogens with one attached hydrogen (secondary N) is 2. The van der Waals surface area contributed by atoms with Crippen LogP contribution in [0.2, 0.25) is 0 Å². The molecule has 8 nitrogen and oxygen atoms in total. The second kappa shape index (κ2) is 9.48. The van der Waals surface area contributed by atoms with Gasteiger partial charge in [-0.25, -0.2) is 0 Å². The van der Waals surface area contributed by atoms with Crippen molar-refractivity contribution in [2.45, 2.75) is 31.8 Å². The number of hydrogen-bond donors (Lipinski definition) is 2. The number of halogens is 1. The fourth-order valence-corrected chi connectivity index (χ4v) is 3.25. The van der Waals surface area contributed by atoms with Crippen LogP contribution in [-0.2, 0) is 13.0 Å². The normalized spacial score (nSPS) is 16.4. The monoisotopic (exact) mass is 401 g/mol. The molecule has 9 heteroatoms. The number of amides is 1. The second-order valence-electron chi connectivity index (χ2n) is 6.70. The van der Waals surface area contributed by atoms with E-state index in [0.717, 1.165) is 38.9 Å². The lowest BCUT2D eigenvalue weighted by molar-refractivity contribution is 0.102. The summed E-state index contributed by atoms with van der Waals surface area (Å²) in [5, 5.41) is 15.0. The maximum absolute atomic E-state index is 12.4. The van der Waals surface area contributed by atoms with E-state index in [1.807, 2.05) is 33.9 Å². The van der Waals surface area contributed by atoms with E-state index in [-0.39, 0.29) is 18.3 Å². The van der Waals surface area contributed by atoms with Crippen LogP contribution in [0.3, 0.4) is 0 Å². The Morgan fingerprint density at radius 1 is 1.18 bits per heavy atom. The van der Waals surface area contributed by atoms with Crippen molar-refractivity contribution in [1.29, 1.82) is 0 Å². The van der Waals surface area contributed by atoms with E-state index in [0.29, 0.717) is 17.6 Å². The molecule has 1 saturated heterocycles. The fraction of sp³-hybridized carbons (Fsp3) is 0.368. The molecule has 4 heterocycles. The van der Waals surface area contributed by atoms with Crippen LogP contribution in [0, 0.1) is 0 Å². The van der Waals surface area contributed by atoms with E-state index < -0.39 is 0 Å².